The van der Waals surface area contributed by atoms with Gasteiger partial charge in [0.2, 0.25) is 11.5 Å². The van der Waals surface area contributed by atoms with E-state index in [0.29, 0.717) is 5.57 Å². The van der Waals surface area contributed by atoms with Crippen LogP contribution in [0, 0.1) is 0 Å². The minimum Gasteiger partial charge on any atom is -0.478 e. The van der Waals surface area contributed by atoms with Gasteiger partial charge in [0.25, 0.3) is 24.0 Å². The smallest absolute Gasteiger partial charge is 0.352 e. The van der Waals surface area contributed by atoms with Gasteiger partial charge in [-0.3, -0.25) is 19.3 Å². The van der Waals surface area contributed by atoms with E-state index in [1.165, 1.54) is 43.5 Å². The number of nitrogen functional groups attached to an aromatic ring is 2. The molecule has 20 heteroatoms. The van der Waals surface area contributed by atoms with E-state index in [4.69, 9.17) is 22.0 Å². The van der Waals surface area contributed by atoms with E-state index in [1.807, 2.05) is 0 Å². The molecule has 1 unspecified atom stereocenters. The normalized spacial score (nSPS) is 18.3. The lowest BCUT2D eigenvalue weighted by atomic mass is 10.0. The van der Waals surface area contributed by atoms with Crippen LogP contribution in [0.5, 0.6) is 0 Å². The first-order chi connectivity index (χ1) is 21.2. The molecule has 0 bridgehead atoms. The van der Waals surface area contributed by atoms with Crippen molar-refractivity contribution in [2.24, 2.45) is 10.9 Å². The Hall–Kier alpha value is -5.08. The van der Waals surface area contributed by atoms with Crippen molar-refractivity contribution < 1.29 is 43.6 Å². The highest BCUT2D eigenvalue weighted by molar-refractivity contribution is 8.00. The van der Waals surface area contributed by atoms with Crippen molar-refractivity contribution in [3.05, 3.63) is 47.0 Å². The van der Waals surface area contributed by atoms with Crippen molar-refractivity contribution in [3.8, 4) is 0 Å². The fourth-order valence-electron chi connectivity index (χ4n) is 3.97. The highest BCUT2D eigenvalue weighted by Crippen LogP contribution is 2.40. The Kier molecular flexibility index (Phi) is 9.69. The highest BCUT2D eigenvalue weighted by Gasteiger charge is 2.54. The third-order valence-electron chi connectivity index (χ3n) is 6.36. The minimum absolute atomic E-state index is 0.00212. The van der Waals surface area contributed by atoms with E-state index >= 15 is 0 Å². The Morgan fingerprint density at radius 1 is 1.29 bits per heavy atom. The number of fused-ring (bicyclic) bond motifs is 1. The van der Waals surface area contributed by atoms with E-state index in [1.54, 1.807) is 16.7 Å². The number of carboxylic acid groups (broad SMARTS) is 2. The second kappa shape index (κ2) is 13.3. The van der Waals surface area contributed by atoms with Crippen LogP contribution in [0.15, 0.2) is 46.5 Å². The van der Waals surface area contributed by atoms with Crippen LogP contribution in [-0.2, 0) is 35.4 Å². The summed E-state index contributed by atoms with van der Waals surface area (Å²) in [7, 11) is 0. The molecule has 0 aromatic carbocycles. The minimum atomic E-state index is -1.79. The molecule has 1 saturated heterocycles. The number of carboxylic acids is 2. The number of nitrogens with one attached hydrogen (secondary N) is 2. The summed E-state index contributed by atoms with van der Waals surface area (Å²) in [5.74, 6) is -4.42. The van der Waals surface area contributed by atoms with E-state index in [-0.39, 0.29) is 46.9 Å². The standard InChI is InChI=1S/C25H28N10O8S2/c1-25(2,23(41)42)43-33-15(13-9-45-24(28)31-13)19(37)32-16-20(38)35-17(22(39)40)11(8-44-21(16)35)4-3-5-34-7-12(18(27)29-10-34)30-14(36)6-26/h3-4,7,9-10,16,21,27H,5-6,8,26H2,1-2H3,(H6,28,30,31,32,36,37,39,40,41,42)/p+1/b4-3+,33-15-/t16-,21?/m1/s1. The molecule has 4 rings (SSSR count). The molecule has 45 heavy (non-hydrogen) atoms. The van der Waals surface area contributed by atoms with Gasteiger partial charge >= 0.3 is 11.9 Å². The molecule has 18 nitrogen and oxygen atoms in total. The maximum Gasteiger partial charge on any atom is 0.352 e. The number of amides is 3. The number of hydrogen-bond acceptors (Lipinski definition) is 14. The summed E-state index contributed by atoms with van der Waals surface area (Å²) >= 11 is 2.24. The van der Waals surface area contributed by atoms with E-state index in [2.05, 4.69) is 25.8 Å². The van der Waals surface area contributed by atoms with Crippen LogP contribution in [0.25, 0.3) is 0 Å². The Balaban J connectivity index is 1.50. The molecule has 4 heterocycles. The van der Waals surface area contributed by atoms with Gasteiger partial charge in [-0.2, -0.15) is 0 Å². The average Bonchev–Trinajstić information content (AvgIpc) is 3.42. The van der Waals surface area contributed by atoms with Crippen molar-refractivity contribution in [1.29, 1.82) is 0 Å². The summed E-state index contributed by atoms with van der Waals surface area (Å²) in [5, 5.41) is 28.8. The number of thiazole rings is 1. The molecule has 2 aromatic heterocycles. The lowest BCUT2D eigenvalue weighted by Crippen LogP contribution is -2.71. The molecular weight excluding hydrogens is 632 g/mol. The quantitative estimate of drug-likeness (QED) is 0.0588. The van der Waals surface area contributed by atoms with Crippen LogP contribution in [0.4, 0.5) is 16.6 Å². The Morgan fingerprint density at radius 3 is 2.64 bits per heavy atom. The summed E-state index contributed by atoms with van der Waals surface area (Å²) in [6, 6.07) is -1.12. The largest absolute Gasteiger partial charge is 0.478 e. The van der Waals surface area contributed by atoms with Gasteiger partial charge in [0.05, 0.1) is 6.54 Å². The van der Waals surface area contributed by atoms with E-state index in [0.717, 1.165) is 16.2 Å². The molecule has 2 aliphatic heterocycles. The second-order valence-corrected chi connectivity index (χ2v) is 12.0. The maximum absolute atomic E-state index is 13.2. The van der Waals surface area contributed by atoms with Gasteiger partial charge in [0.15, 0.2) is 16.5 Å². The number of aliphatic carboxylic acids is 2. The van der Waals surface area contributed by atoms with Crippen molar-refractivity contribution in [2.45, 2.75) is 37.4 Å². The predicted molar refractivity (Wildman–Crippen MR) is 161 cm³/mol. The highest BCUT2D eigenvalue weighted by atomic mass is 32.2. The van der Waals surface area contributed by atoms with Crippen LogP contribution < -0.4 is 32.4 Å². The van der Waals surface area contributed by atoms with Gasteiger partial charge in [-0.1, -0.05) is 11.2 Å². The van der Waals surface area contributed by atoms with Gasteiger partial charge in [0, 0.05) is 11.1 Å². The molecular formula is C25H29N10O8S2+. The molecule has 10 N–H and O–H groups in total. The number of allylic oxidation sites excluding steroid dienone is 2. The zero-order valence-electron chi connectivity index (χ0n) is 23.8. The number of hydrogen-bond donors (Lipinski definition) is 7. The predicted octanol–water partition coefficient (Wildman–Crippen LogP) is -1.53. The van der Waals surface area contributed by atoms with Gasteiger partial charge in [-0.05, 0) is 30.5 Å². The number of anilines is 3. The van der Waals surface area contributed by atoms with Crippen LogP contribution in [-0.4, -0.2) is 89.8 Å². The van der Waals surface area contributed by atoms with E-state index < -0.39 is 52.4 Å². The van der Waals surface area contributed by atoms with Crippen molar-refractivity contribution >= 4 is 75.1 Å². The molecule has 0 radical (unpaired) electrons. The summed E-state index contributed by atoms with van der Waals surface area (Å²) in [5.41, 5.74) is 15.0. The SMILES string of the molecule is CC(C)(O/N=C(\C(=O)N[C@@H]1C(=O)N2C(C(=O)O)=C(/C=C/C[n+]3cnc(N)c(NC(=O)CN)c3)CSC12)c1csc(N)n1)C(=O)O. The topological polar surface area (TPSA) is 282 Å². The van der Waals surface area contributed by atoms with Crippen LogP contribution in [0.3, 0.4) is 0 Å². The lowest BCUT2D eigenvalue weighted by molar-refractivity contribution is -0.689. The van der Waals surface area contributed by atoms with Crippen molar-refractivity contribution in [3.63, 3.8) is 0 Å². The summed E-state index contributed by atoms with van der Waals surface area (Å²) < 4.78 is 1.59. The average molecular weight is 662 g/mol. The number of carbonyl (C=O) groups is 5. The molecule has 238 valence electrons. The molecule has 1 fully saturated rings. The van der Waals surface area contributed by atoms with E-state index in [9.17, 15) is 34.2 Å². The Bertz CT molecular complexity index is 1650. The monoisotopic (exact) mass is 661 g/mol. The van der Waals surface area contributed by atoms with Gasteiger partial charge in [-0.25, -0.2) is 19.1 Å². The zero-order chi connectivity index (χ0) is 33.1. The molecule has 2 atom stereocenters. The summed E-state index contributed by atoms with van der Waals surface area (Å²) in [4.78, 5) is 75.9. The third kappa shape index (κ3) is 7.19. The Labute approximate surface area is 263 Å². The number of rotatable bonds is 12. The zero-order valence-corrected chi connectivity index (χ0v) is 25.4. The van der Waals surface area contributed by atoms with Gasteiger partial charge < -0.3 is 42.9 Å². The molecule has 3 amide bonds. The number of nitrogens with zero attached hydrogens (tertiary/aromatic N) is 5. The van der Waals surface area contributed by atoms with Crippen molar-refractivity contribution in [1.82, 2.24) is 20.2 Å². The van der Waals surface area contributed by atoms with Crippen LogP contribution >= 0.6 is 23.1 Å². The Morgan fingerprint density at radius 2 is 2.02 bits per heavy atom. The molecule has 2 aliphatic rings. The first kappa shape index (κ1) is 32.8. The molecule has 0 spiro atoms. The van der Waals surface area contributed by atoms with Crippen LogP contribution in [0.1, 0.15) is 19.5 Å². The number of oxime groups is 1. The van der Waals surface area contributed by atoms with Crippen molar-refractivity contribution in [2.75, 3.05) is 29.1 Å². The summed E-state index contributed by atoms with van der Waals surface area (Å²) in [6.45, 7) is 2.44. The first-order valence-corrected chi connectivity index (χ1v) is 14.9. The molecule has 0 saturated carbocycles. The number of β-lactam (4-membered cyclic amide) rings is 1. The van der Waals surface area contributed by atoms with Gasteiger partial charge in [0.1, 0.15) is 35.5 Å². The fraction of sp³-hybridized carbons (Fsp3) is 0.320. The third-order valence-corrected chi connectivity index (χ3v) is 8.33. The van der Waals surface area contributed by atoms with Crippen LogP contribution in [0.2, 0.25) is 0 Å². The number of nitrogens with two attached hydrogens (primary N) is 3. The molecule has 2 aromatic rings. The molecule has 0 aliphatic carbocycles. The number of aromatic nitrogens is 3. The van der Waals surface area contributed by atoms with Gasteiger partial charge in [-0.15, -0.1) is 23.1 Å². The second-order valence-electron chi connectivity index (χ2n) is 9.98. The fourth-order valence-corrected chi connectivity index (χ4v) is 5.83. The maximum atomic E-state index is 13.2. The first-order valence-electron chi connectivity index (χ1n) is 13.0. The number of thioether (sulfide) groups is 1. The summed E-state index contributed by atoms with van der Waals surface area (Å²) in [6.07, 6.45) is 6.17. The number of carbonyl (C=O) groups excluding carboxylic acids is 3. The lowest BCUT2D eigenvalue weighted by Gasteiger charge is -2.49.